The topological polar surface area (TPSA) is 88.7 Å². The molecule has 0 aliphatic heterocycles. The summed E-state index contributed by atoms with van der Waals surface area (Å²) in [6, 6.07) is 10.0. The molecule has 0 bridgehead atoms. The van der Waals surface area contributed by atoms with Crippen molar-refractivity contribution in [3.8, 4) is 11.5 Å². The summed E-state index contributed by atoms with van der Waals surface area (Å²) in [6.07, 6.45) is 0. The van der Waals surface area contributed by atoms with Crippen molar-refractivity contribution in [3.63, 3.8) is 0 Å². The summed E-state index contributed by atoms with van der Waals surface area (Å²) in [4.78, 5) is 24.0. The van der Waals surface area contributed by atoms with Crippen molar-refractivity contribution in [2.45, 2.75) is 13.8 Å². The minimum Gasteiger partial charge on any atom is -0.490 e. The molecule has 0 atom stereocenters. The van der Waals surface area contributed by atoms with Crippen LogP contribution in [0.15, 0.2) is 36.4 Å². The molecule has 0 fully saturated rings. The fourth-order valence-corrected chi connectivity index (χ4v) is 2.64. The first kappa shape index (κ1) is 21.4. The van der Waals surface area contributed by atoms with Crippen LogP contribution in [0.1, 0.15) is 24.2 Å². The molecule has 3 N–H and O–H groups in total. The molecule has 2 aromatic carbocycles. The van der Waals surface area contributed by atoms with Gasteiger partial charge in [0.25, 0.3) is 5.91 Å². The molecule has 0 saturated heterocycles. The molecule has 2 aromatic rings. The molecule has 0 radical (unpaired) electrons. The van der Waals surface area contributed by atoms with Crippen molar-refractivity contribution >= 4 is 34.8 Å². The molecule has 8 heteroatoms. The Balaban J connectivity index is 2.03. The third-order valence-corrected chi connectivity index (χ3v) is 4.05. The number of carbonyl (C=O) groups is 2. The van der Waals surface area contributed by atoms with Crippen LogP contribution in [0.4, 0.5) is 11.4 Å². The van der Waals surface area contributed by atoms with E-state index in [9.17, 15) is 9.59 Å². The number of anilines is 2. The summed E-state index contributed by atoms with van der Waals surface area (Å²) >= 11 is 6.13. The van der Waals surface area contributed by atoms with E-state index in [0.717, 1.165) is 0 Å². The molecular weight excluding hydrogens is 382 g/mol. The summed E-state index contributed by atoms with van der Waals surface area (Å²) in [5, 5.41) is 8.69. The SMILES string of the molecule is CCOc1ccc(NC(=O)CNc2cc(C(=O)NC)ccc2Cl)cc1OCC. The number of hydrogen-bond donors (Lipinski definition) is 3. The van der Waals surface area contributed by atoms with Gasteiger partial charge in [-0.15, -0.1) is 0 Å². The van der Waals surface area contributed by atoms with Gasteiger partial charge < -0.3 is 25.4 Å². The zero-order chi connectivity index (χ0) is 20.5. The van der Waals surface area contributed by atoms with Gasteiger partial charge in [-0.2, -0.15) is 0 Å². The Labute approximate surface area is 169 Å². The van der Waals surface area contributed by atoms with Gasteiger partial charge in [-0.05, 0) is 44.2 Å². The van der Waals surface area contributed by atoms with Crippen LogP contribution in [0, 0.1) is 0 Å². The van der Waals surface area contributed by atoms with Gasteiger partial charge in [0.05, 0.1) is 30.5 Å². The highest BCUT2D eigenvalue weighted by atomic mass is 35.5. The second-order valence-electron chi connectivity index (χ2n) is 5.70. The van der Waals surface area contributed by atoms with Gasteiger partial charge in [-0.3, -0.25) is 9.59 Å². The van der Waals surface area contributed by atoms with E-state index >= 15 is 0 Å². The van der Waals surface area contributed by atoms with Crippen LogP contribution in [0.25, 0.3) is 0 Å². The van der Waals surface area contributed by atoms with Crippen molar-refractivity contribution in [2.75, 3.05) is 37.4 Å². The Bertz CT molecular complexity index is 842. The Kier molecular flexibility index (Phi) is 7.95. The zero-order valence-corrected chi connectivity index (χ0v) is 16.9. The number of carbonyl (C=O) groups excluding carboxylic acids is 2. The van der Waals surface area contributed by atoms with Gasteiger partial charge in [-0.1, -0.05) is 11.6 Å². The molecule has 0 heterocycles. The largest absolute Gasteiger partial charge is 0.490 e. The number of rotatable bonds is 9. The molecule has 0 aliphatic rings. The molecule has 150 valence electrons. The maximum absolute atomic E-state index is 12.3. The van der Waals surface area contributed by atoms with Crippen LogP contribution in [0.5, 0.6) is 11.5 Å². The minimum absolute atomic E-state index is 0.0197. The summed E-state index contributed by atoms with van der Waals surface area (Å²) in [5.41, 5.74) is 1.53. The number of benzene rings is 2. The summed E-state index contributed by atoms with van der Waals surface area (Å²) in [6.45, 7) is 4.75. The van der Waals surface area contributed by atoms with Gasteiger partial charge in [0, 0.05) is 24.4 Å². The van der Waals surface area contributed by atoms with E-state index in [1.165, 1.54) is 0 Å². The Morgan fingerprint density at radius 1 is 1.00 bits per heavy atom. The Morgan fingerprint density at radius 2 is 1.71 bits per heavy atom. The predicted octanol–water partition coefficient (Wildman–Crippen LogP) is 3.55. The van der Waals surface area contributed by atoms with E-state index < -0.39 is 0 Å². The first-order valence-electron chi connectivity index (χ1n) is 8.93. The van der Waals surface area contributed by atoms with Crippen LogP contribution >= 0.6 is 11.6 Å². The quantitative estimate of drug-likeness (QED) is 0.593. The molecule has 2 amide bonds. The van der Waals surface area contributed by atoms with E-state index in [-0.39, 0.29) is 18.4 Å². The fraction of sp³-hybridized carbons (Fsp3) is 0.300. The number of nitrogens with one attached hydrogen (secondary N) is 3. The molecule has 2 rings (SSSR count). The third kappa shape index (κ3) is 5.79. The highest BCUT2D eigenvalue weighted by molar-refractivity contribution is 6.33. The number of hydrogen-bond acceptors (Lipinski definition) is 5. The average Bonchev–Trinajstić information content (AvgIpc) is 2.69. The number of halogens is 1. The summed E-state index contributed by atoms with van der Waals surface area (Å²) in [7, 11) is 1.55. The smallest absolute Gasteiger partial charge is 0.251 e. The van der Waals surface area contributed by atoms with Gasteiger partial charge in [0.15, 0.2) is 11.5 Å². The van der Waals surface area contributed by atoms with Crippen molar-refractivity contribution < 1.29 is 19.1 Å². The molecule has 0 spiro atoms. The first-order chi connectivity index (χ1) is 13.5. The Hall–Kier alpha value is -2.93. The summed E-state index contributed by atoms with van der Waals surface area (Å²) < 4.78 is 11.1. The average molecular weight is 406 g/mol. The highest BCUT2D eigenvalue weighted by Crippen LogP contribution is 2.30. The number of amides is 2. The van der Waals surface area contributed by atoms with Crippen molar-refractivity contribution in [1.29, 1.82) is 0 Å². The van der Waals surface area contributed by atoms with Crippen LogP contribution in [0.3, 0.4) is 0 Å². The van der Waals surface area contributed by atoms with Crippen LogP contribution in [0.2, 0.25) is 5.02 Å². The van der Waals surface area contributed by atoms with E-state index in [1.807, 2.05) is 13.8 Å². The van der Waals surface area contributed by atoms with E-state index in [1.54, 1.807) is 43.4 Å². The molecule has 0 saturated carbocycles. The van der Waals surface area contributed by atoms with Gasteiger partial charge in [-0.25, -0.2) is 0 Å². The molecule has 28 heavy (non-hydrogen) atoms. The van der Waals surface area contributed by atoms with Crippen molar-refractivity contribution in [3.05, 3.63) is 47.0 Å². The monoisotopic (exact) mass is 405 g/mol. The second-order valence-corrected chi connectivity index (χ2v) is 6.11. The van der Waals surface area contributed by atoms with Crippen LogP contribution in [-0.4, -0.2) is 38.6 Å². The van der Waals surface area contributed by atoms with Gasteiger partial charge >= 0.3 is 0 Å². The van der Waals surface area contributed by atoms with E-state index in [2.05, 4.69) is 16.0 Å². The number of ether oxygens (including phenoxy) is 2. The first-order valence-corrected chi connectivity index (χ1v) is 9.31. The van der Waals surface area contributed by atoms with Gasteiger partial charge in [0.1, 0.15) is 0 Å². The zero-order valence-electron chi connectivity index (χ0n) is 16.1. The maximum atomic E-state index is 12.3. The normalized spacial score (nSPS) is 10.1. The van der Waals surface area contributed by atoms with Crippen LogP contribution < -0.4 is 25.4 Å². The molecule has 0 aromatic heterocycles. The molecular formula is C20H24ClN3O4. The molecule has 7 nitrogen and oxygen atoms in total. The maximum Gasteiger partial charge on any atom is 0.251 e. The summed E-state index contributed by atoms with van der Waals surface area (Å²) in [5.74, 6) is 0.685. The molecule has 0 aliphatic carbocycles. The van der Waals surface area contributed by atoms with Crippen LogP contribution in [-0.2, 0) is 4.79 Å². The predicted molar refractivity (Wildman–Crippen MR) is 111 cm³/mol. The lowest BCUT2D eigenvalue weighted by Crippen LogP contribution is -2.22. The fourth-order valence-electron chi connectivity index (χ4n) is 2.46. The standard InChI is InChI=1S/C20H24ClN3O4/c1-4-27-17-9-7-14(11-18(17)28-5-2)24-19(25)12-23-16-10-13(20(26)22-3)6-8-15(16)21/h6-11,23H,4-5,12H2,1-3H3,(H,22,26)(H,24,25). The van der Waals surface area contributed by atoms with E-state index in [4.69, 9.17) is 21.1 Å². The van der Waals surface area contributed by atoms with Crippen molar-refractivity contribution in [1.82, 2.24) is 5.32 Å². The van der Waals surface area contributed by atoms with Crippen molar-refractivity contribution in [2.24, 2.45) is 0 Å². The lowest BCUT2D eigenvalue weighted by molar-refractivity contribution is -0.114. The highest BCUT2D eigenvalue weighted by Gasteiger charge is 2.11. The lowest BCUT2D eigenvalue weighted by Gasteiger charge is -2.14. The minimum atomic E-state index is -0.270. The second kappa shape index (κ2) is 10.4. The van der Waals surface area contributed by atoms with E-state index in [0.29, 0.717) is 46.7 Å². The third-order valence-electron chi connectivity index (χ3n) is 3.72. The lowest BCUT2D eigenvalue weighted by atomic mass is 10.2. The Morgan fingerprint density at radius 3 is 2.39 bits per heavy atom. The van der Waals surface area contributed by atoms with Gasteiger partial charge in [0.2, 0.25) is 5.91 Å². The molecule has 0 unspecified atom stereocenters.